The van der Waals surface area contributed by atoms with Crippen molar-refractivity contribution in [2.75, 3.05) is 25.7 Å². The quantitative estimate of drug-likeness (QED) is 0.323. The van der Waals surface area contributed by atoms with Gasteiger partial charge in [0, 0.05) is 30.6 Å². The first-order valence-electron chi connectivity index (χ1n) is 12.1. The Morgan fingerprint density at radius 1 is 1.23 bits per heavy atom. The maximum Gasteiger partial charge on any atom is 0.417 e. The van der Waals surface area contributed by atoms with Crippen molar-refractivity contribution in [2.24, 2.45) is 0 Å². The lowest BCUT2D eigenvalue weighted by molar-refractivity contribution is -0.0719. The number of benzene rings is 2. The summed E-state index contributed by atoms with van der Waals surface area (Å²) in [4.78, 5) is 31.5. The molecule has 1 aliphatic heterocycles. The molecular weight excluding hydrogens is 541 g/mol. The van der Waals surface area contributed by atoms with Crippen molar-refractivity contribution in [3.8, 4) is 28.0 Å². The molecular formula is C27H22FN5O6S. The van der Waals surface area contributed by atoms with Crippen LogP contribution in [0.4, 0.5) is 14.9 Å². The highest BCUT2D eigenvalue weighted by atomic mass is 32.1. The predicted molar refractivity (Wildman–Crippen MR) is 144 cm³/mol. The third-order valence-electron chi connectivity index (χ3n) is 6.24. The fourth-order valence-corrected chi connectivity index (χ4v) is 5.36. The standard InChI is InChI=1S/C27H22FN5O6S/c1-13-6-15(4-5-29-13)33(2)27(35)39-21-12-37-24-19(38-21)9-17(28)23-25(24)40-26(32-23)16-7-14(11-34)8-18-22(16)30-10-20(31-18)36-3/h4-10,21,34H,11-12H2,1-3H3/t21-/m1/s1. The number of aliphatic hydroxyl groups excluding tert-OH is 1. The monoisotopic (exact) mass is 563 g/mol. The second-order valence-electron chi connectivity index (χ2n) is 8.92. The van der Waals surface area contributed by atoms with Crippen LogP contribution in [0.3, 0.4) is 0 Å². The number of amides is 1. The van der Waals surface area contributed by atoms with E-state index in [2.05, 4.69) is 19.9 Å². The number of aryl methyl sites for hydroxylation is 1. The molecule has 40 heavy (non-hydrogen) atoms. The van der Waals surface area contributed by atoms with Crippen LogP contribution in [0, 0.1) is 12.7 Å². The molecule has 2 aromatic carbocycles. The molecule has 4 heterocycles. The van der Waals surface area contributed by atoms with Crippen LogP contribution in [-0.2, 0) is 11.3 Å². The number of hydrogen-bond acceptors (Lipinski definition) is 11. The number of thiazole rings is 1. The number of fused-ring (bicyclic) bond motifs is 4. The Morgan fingerprint density at radius 3 is 2.85 bits per heavy atom. The molecule has 0 unspecified atom stereocenters. The van der Waals surface area contributed by atoms with Gasteiger partial charge in [-0.25, -0.2) is 24.1 Å². The zero-order valence-corrected chi connectivity index (χ0v) is 22.4. The molecule has 0 spiro atoms. The Hall–Kier alpha value is -4.62. The second kappa shape index (κ2) is 10.2. The van der Waals surface area contributed by atoms with Gasteiger partial charge in [0.2, 0.25) is 5.88 Å². The van der Waals surface area contributed by atoms with Crippen LogP contribution in [0.2, 0.25) is 0 Å². The summed E-state index contributed by atoms with van der Waals surface area (Å²) in [6.45, 7) is 1.47. The minimum atomic E-state index is -1.09. The summed E-state index contributed by atoms with van der Waals surface area (Å²) in [5.74, 6) is 0.0681. The van der Waals surface area contributed by atoms with Gasteiger partial charge in [-0.2, -0.15) is 0 Å². The molecule has 0 saturated carbocycles. The summed E-state index contributed by atoms with van der Waals surface area (Å²) in [6.07, 6.45) is 1.31. The highest BCUT2D eigenvalue weighted by Gasteiger charge is 2.30. The summed E-state index contributed by atoms with van der Waals surface area (Å²) in [6, 6.07) is 8.01. The average Bonchev–Trinajstić information content (AvgIpc) is 3.42. The maximum atomic E-state index is 15.2. The van der Waals surface area contributed by atoms with Crippen molar-refractivity contribution in [2.45, 2.75) is 19.8 Å². The number of rotatable bonds is 5. The molecule has 1 aliphatic rings. The number of halogens is 1. The number of anilines is 1. The number of pyridine rings is 1. The highest BCUT2D eigenvalue weighted by molar-refractivity contribution is 7.22. The van der Waals surface area contributed by atoms with E-state index in [1.54, 1.807) is 37.5 Å². The van der Waals surface area contributed by atoms with E-state index in [-0.39, 0.29) is 24.5 Å². The largest absolute Gasteiger partial charge is 0.480 e. The molecule has 1 atom stereocenters. The molecule has 0 bridgehead atoms. The summed E-state index contributed by atoms with van der Waals surface area (Å²) in [7, 11) is 3.05. The van der Waals surface area contributed by atoms with Gasteiger partial charge in [-0.15, -0.1) is 11.3 Å². The molecule has 1 N–H and O–H groups in total. The number of ether oxygens (including phenoxy) is 4. The molecule has 204 valence electrons. The van der Waals surface area contributed by atoms with Crippen LogP contribution in [0.5, 0.6) is 17.4 Å². The average molecular weight is 564 g/mol. The number of aliphatic hydroxyl groups is 1. The maximum absolute atomic E-state index is 15.2. The van der Waals surface area contributed by atoms with E-state index in [9.17, 15) is 9.90 Å². The third kappa shape index (κ3) is 4.58. The van der Waals surface area contributed by atoms with E-state index < -0.39 is 18.2 Å². The first-order chi connectivity index (χ1) is 19.3. The second-order valence-corrected chi connectivity index (χ2v) is 9.92. The Bertz CT molecular complexity index is 1780. The molecule has 13 heteroatoms. The van der Waals surface area contributed by atoms with Crippen LogP contribution in [0.15, 0.2) is 42.7 Å². The smallest absolute Gasteiger partial charge is 0.417 e. The van der Waals surface area contributed by atoms with Crippen LogP contribution in [0.1, 0.15) is 11.3 Å². The van der Waals surface area contributed by atoms with E-state index in [0.29, 0.717) is 49.2 Å². The Labute approximate surface area is 230 Å². The van der Waals surface area contributed by atoms with E-state index in [1.807, 2.05) is 6.92 Å². The van der Waals surface area contributed by atoms with Crippen molar-refractivity contribution in [1.82, 2.24) is 19.9 Å². The van der Waals surface area contributed by atoms with Gasteiger partial charge < -0.3 is 24.1 Å². The van der Waals surface area contributed by atoms with Crippen LogP contribution < -0.4 is 19.1 Å². The lowest BCUT2D eigenvalue weighted by Crippen LogP contribution is -2.38. The molecule has 3 aromatic heterocycles. The van der Waals surface area contributed by atoms with Crippen molar-refractivity contribution in [3.05, 3.63) is 59.8 Å². The summed E-state index contributed by atoms with van der Waals surface area (Å²) >= 11 is 1.18. The highest BCUT2D eigenvalue weighted by Crippen LogP contribution is 2.46. The molecule has 0 fully saturated rings. The van der Waals surface area contributed by atoms with Gasteiger partial charge in [-0.05, 0) is 36.8 Å². The minimum Gasteiger partial charge on any atom is -0.480 e. The fourth-order valence-electron chi connectivity index (χ4n) is 4.28. The Morgan fingerprint density at radius 2 is 2.08 bits per heavy atom. The molecule has 0 saturated heterocycles. The van der Waals surface area contributed by atoms with Gasteiger partial charge in [0.1, 0.15) is 15.2 Å². The van der Waals surface area contributed by atoms with Crippen molar-refractivity contribution in [3.63, 3.8) is 0 Å². The van der Waals surface area contributed by atoms with E-state index in [0.717, 1.165) is 11.8 Å². The Kier molecular flexibility index (Phi) is 6.52. The van der Waals surface area contributed by atoms with Crippen LogP contribution in [-0.4, -0.2) is 58.2 Å². The summed E-state index contributed by atoms with van der Waals surface area (Å²) < 4.78 is 38.0. The summed E-state index contributed by atoms with van der Waals surface area (Å²) in [5.41, 5.74) is 3.61. The van der Waals surface area contributed by atoms with Gasteiger partial charge in [0.05, 0.1) is 36.6 Å². The van der Waals surface area contributed by atoms with E-state index in [1.165, 1.54) is 29.5 Å². The van der Waals surface area contributed by atoms with Gasteiger partial charge >= 0.3 is 6.09 Å². The fraction of sp³-hybridized carbons (Fsp3) is 0.222. The molecule has 1 amide bonds. The number of carbonyl (C=O) groups is 1. The van der Waals surface area contributed by atoms with E-state index in [4.69, 9.17) is 18.9 Å². The first-order valence-corrected chi connectivity index (χ1v) is 12.9. The number of carbonyl (C=O) groups excluding carboxylic acids is 1. The molecule has 0 radical (unpaired) electrons. The molecule has 6 rings (SSSR count). The SMILES string of the molecule is COc1cnc2c(-c3nc4c(F)cc5c(c4s3)OC[C@@H](OC(=O)N(C)c3ccnc(C)c3)O5)cc(CO)cc2n1. The van der Waals surface area contributed by atoms with Crippen molar-refractivity contribution >= 4 is 44.4 Å². The lowest BCUT2D eigenvalue weighted by atomic mass is 10.1. The van der Waals surface area contributed by atoms with Gasteiger partial charge in [-0.3, -0.25) is 9.88 Å². The lowest BCUT2D eigenvalue weighted by Gasteiger charge is -2.28. The number of nitrogens with zero attached hydrogens (tertiary/aromatic N) is 5. The molecule has 0 aliphatic carbocycles. The number of aromatic nitrogens is 4. The minimum absolute atomic E-state index is 0.0881. The molecule has 5 aromatic rings. The van der Waals surface area contributed by atoms with Crippen LogP contribution >= 0.6 is 11.3 Å². The number of hydrogen-bond donors (Lipinski definition) is 1. The van der Waals surface area contributed by atoms with Crippen LogP contribution in [0.25, 0.3) is 31.8 Å². The predicted octanol–water partition coefficient (Wildman–Crippen LogP) is 4.62. The van der Waals surface area contributed by atoms with E-state index >= 15 is 4.39 Å². The van der Waals surface area contributed by atoms with Gasteiger partial charge in [-0.1, -0.05) is 0 Å². The van der Waals surface area contributed by atoms with Gasteiger partial charge in [0.15, 0.2) is 23.9 Å². The first kappa shape index (κ1) is 25.6. The van der Waals surface area contributed by atoms with Crippen molar-refractivity contribution < 1.29 is 33.2 Å². The van der Waals surface area contributed by atoms with Gasteiger partial charge in [0.25, 0.3) is 6.29 Å². The topological polar surface area (TPSA) is 129 Å². The third-order valence-corrected chi connectivity index (χ3v) is 7.33. The number of methoxy groups -OCH3 is 1. The Balaban J connectivity index is 1.31. The zero-order valence-electron chi connectivity index (χ0n) is 21.5. The normalized spacial score (nSPS) is 14.4. The molecule has 11 nitrogen and oxygen atoms in total. The zero-order chi connectivity index (χ0) is 28.0. The van der Waals surface area contributed by atoms with Crippen molar-refractivity contribution in [1.29, 1.82) is 0 Å². The summed E-state index contributed by atoms with van der Waals surface area (Å²) in [5, 5.41) is 10.3.